The van der Waals surface area contributed by atoms with Crippen LogP contribution in [0, 0.1) is 0 Å². The average Bonchev–Trinajstić information content (AvgIpc) is 2.48. The summed E-state index contributed by atoms with van der Waals surface area (Å²) in [6.07, 6.45) is 0. The lowest BCUT2D eigenvalue weighted by Gasteiger charge is -2.18. The SMILES string of the molecule is COc1cc(CN(C)Cc2ccccc2)ccc1CN. The van der Waals surface area contributed by atoms with Crippen LogP contribution in [0.2, 0.25) is 0 Å². The van der Waals surface area contributed by atoms with Gasteiger partial charge in [0, 0.05) is 25.2 Å². The molecule has 3 heteroatoms. The summed E-state index contributed by atoms with van der Waals surface area (Å²) >= 11 is 0. The monoisotopic (exact) mass is 270 g/mol. The third-order valence-corrected chi connectivity index (χ3v) is 3.32. The third kappa shape index (κ3) is 3.83. The largest absolute Gasteiger partial charge is 0.496 e. The van der Waals surface area contributed by atoms with Gasteiger partial charge < -0.3 is 10.5 Å². The molecule has 2 rings (SSSR count). The summed E-state index contributed by atoms with van der Waals surface area (Å²) < 4.78 is 5.38. The maximum atomic E-state index is 5.69. The number of rotatable bonds is 6. The summed E-state index contributed by atoms with van der Waals surface area (Å²) in [7, 11) is 3.81. The van der Waals surface area contributed by atoms with Crippen LogP contribution in [0.4, 0.5) is 0 Å². The van der Waals surface area contributed by atoms with Gasteiger partial charge in [-0.2, -0.15) is 0 Å². The van der Waals surface area contributed by atoms with Crippen molar-refractivity contribution < 1.29 is 4.74 Å². The Morgan fingerprint density at radius 3 is 2.35 bits per heavy atom. The minimum atomic E-state index is 0.503. The van der Waals surface area contributed by atoms with Gasteiger partial charge in [-0.25, -0.2) is 0 Å². The third-order valence-electron chi connectivity index (χ3n) is 3.32. The van der Waals surface area contributed by atoms with Crippen LogP contribution in [0.25, 0.3) is 0 Å². The molecule has 2 aromatic rings. The Hall–Kier alpha value is -1.84. The molecule has 0 aliphatic carbocycles. The number of ether oxygens (including phenoxy) is 1. The van der Waals surface area contributed by atoms with E-state index in [1.807, 2.05) is 12.1 Å². The van der Waals surface area contributed by atoms with Gasteiger partial charge in [0.15, 0.2) is 0 Å². The van der Waals surface area contributed by atoms with Gasteiger partial charge in [0.05, 0.1) is 7.11 Å². The molecule has 0 radical (unpaired) electrons. The van der Waals surface area contributed by atoms with Gasteiger partial charge in [0.1, 0.15) is 5.75 Å². The minimum absolute atomic E-state index is 0.503. The number of methoxy groups -OCH3 is 1. The molecule has 0 aromatic heterocycles. The lowest BCUT2D eigenvalue weighted by Crippen LogP contribution is -2.17. The van der Waals surface area contributed by atoms with Crippen LogP contribution in [0.5, 0.6) is 5.75 Å². The highest BCUT2D eigenvalue weighted by Crippen LogP contribution is 2.20. The first-order valence-electron chi connectivity index (χ1n) is 6.81. The number of hydrogen-bond acceptors (Lipinski definition) is 3. The summed E-state index contributed by atoms with van der Waals surface area (Å²) in [5.41, 5.74) is 9.29. The Kier molecular flexibility index (Phi) is 5.16. The van der Waals surface area contributed by atoms with E-state index >= 15 is 0 Å². The summed E-state index contributed by atoms with van der Waals surface area (Å²) in [4.78, 5) is 2.28. The molecule has 0 saturated carbocycles. The smallest absolute Gasteiger partial charge is 0.123 e. The van der Waals surface area contributed by atoms with Crippen LogP contribution in [-0.4, -0.2) is 19.1 Å². The predicted molar refractivity (Wildman–Crippen MR) is 82.5 cm³/mol. The Balaban J connectivity index is 2.02. The van der Waals surface area contributed by atoms with Gasteiger partial charge in [-0.1, -0.05) is 42.5 Å². The summed E-state index contributed by atoms with van der Waals surface area (Å²) in [6, 6.07) is 16.7. The molecular formula is C17H22N2O. The first-order valence-corrected chi connectivity index (χ1v) is 6.81. The molecule has 0 aliphatic rings. The summed E-state index contributed by atoms with van der Waals surface area (Å²) in [5.74, 6) is 0.873. The molecule has 106 valence electrons. The zero-order valence-electron chi connectivity index (χ0n) is 12.2. The maximum Gasteiger partial charge on any atom is 0.123 e. The topological polar surface area (TPSA) is 38.5 Å². The van der Waals surface area contributed by atoms with Crippen molar-refractivity contribution in [3.8, 4) is 5.75 Å². The lowest BCUT2D eigenvalue weighted by atomic mass is 10.1. The second-order valence-electron chi connectivity index (χ2n) is 5.01. The number of nitrogens with two attached hydrogens (primary N) is 1. The Morgan fingerprint density at radius 2 is 1.70 bits per heavy atom. The average molecular weight is 270 g/mol. The van der Waals surface area contributed by atoms with Crippen molar-refractivity contribution in [1.29, 1.82) is 0 Å². The van der Waals surface area contributed by atoms with Gasteiger partial charge >= 0.3 is 0 Å². The Labute approximate surface area is 121 Å². The fourth-order valence-corrected chi connectivity index (χ4v) is 2.32. The predicted octanol–water partition coefficient (Wildman–Crippen LogP) is 2.79. The van der Waals surface area contributed by atoms with Gasteiger partial charge in [0.25, 0.3) is 0 Å². The molecule has 3 nitrogen and oxygen atoms in total. The molecular weight excluding hydrogens is 248 g/mol. The molecule has 0 fully saturated rings. The Morgan fingerprint density at radius 1 is 1.00 bits per heavy atom. The van der Waals surface area contributed by atoms with Crippen LogP contribution in [0.1, 0.15) is 16.7 Å². The van der Waals surface area contributed by atoms with E-state index in [1.54, 1.807) is 7.11 Å². The molecule has 2 aromatic carbocycles. The van der Waals surface area contributed by atoms with Crippen molar-refractivity contribution in [3.63, 3.8) is 0 Å². The highest BCUT2D eigenvalue weighted by molar-refractivity contribution is 5.37. The standard InChI is InChI=1S/C17H22N2O/c1-19(12-14-6-4-3-5-7-14)13-15-8-9-16(11-18)17(10-15)20-2/h3-10H,11-13,18H2,1-2H3. The lowest BCUT2D eigenvalue weighted by molar-refractivity contribution is 0.318. The maximum absolute atomic E-state index is 5.69. The highest BCUT2D eigenvalue weighted by atomic mass is 16.5. The Bertz CT molecular complexity index is 540. The quantitative estimate of drug-likeness (QED) is 0.877. The van der Waals surface area contributed by atoms with Crippen molar-refractivity contribution in [2.24, 2.45) is 5.73 Å². The van der Waals surface area contributed by atoms with E-state index in [2.05, 4.69) is 48.3 Å². The van der Waals surface area contributed by atoms with Crippen LogP contribution in [-0.2, 0) is 19.6 Å². The van der Waals surface area contributed by atoms with Crippen molar-refractivity contribution >= 4 is 0 Å². The molecule has 0 aliphatic heterocycles. The highest BCUT2D eigenvalue weighted by Gasteiger charge is 2.06. The second-order valence-corrected chi connectivity index (χ2v) is 5.01. The van der Waals surface area contributed by atoms with Crippen LogP contribution < -0.4 is 10.5 Å². The van der Waals surface area contributed by atoms with Crippen molar-refractivity contribution in [2.75, 3.05) is 14.2 Å². The zero-order valence-corrected chi connectivity index (χ0v) is 12.2. The van der Waals surface area contributed by atoms with Gasteiger partial charge in [-0.05, 0) is 24.2 Å². The molecule has 2 N–H and O–H groups in total. The molecule has 0 unspecified atom stereocenters. The van der Waals surface area contributed by atoms with Crippen molar-refractivity contribution in [2.45, 2.75) is 19.6 Å². The van der Waals surface area contributed by atoms with E-state index in [-0.39, 0.29) is 0 Å². The second kappa shape index (κ2) is 7.08. The van der Waals surface area contributed by atoms with Crippen LogP contribution >= 0.6 is 0 Å². The number of nitrogens with zero attached hydrogens (tertiary/aromatic N) is 1. The van der Waals surface area contributed by atoms with Gasteiger partial charge in [-0.15, -0.1) is 0 Å². The molecule has 0 spiro atoms. The summed E-state index contributed by atoms with van der Waals surface area (Å²) in [5, 5.41) is 0. The van der Waals surface area contributed by atoms with E-state index < -0.39 is 0 Å². The van der Waals surface area contributed by atoms with E-state index in [1.165, 1.54) is 11.1 Å². The summed E-state index contributed by atoms with van der Waals surface area (Å²) in [6.45, 7) is 2.32. The molecule has 0 bridgehead atoms. The van der Waals surface area contributed by atoms with E-state index in [9.17, 15) is 0 Å². The fraction of sp³-hybridized carbons (Fsp3) is 0.294. The molecule has 0 atom stereocenters. The number of benzene rings is 2. The van der Waals surface area contributed by atoms with Gasteiger partial charge in [-0.3, -0.25) is 4.90 Å². The van der Waals surface area contributed by atoms with E-state index in [0.717, 1.165) is 24.4 Å². The first-order chi connectivity index (χ1) is 9.72. The normalized spacial score (nSPS) is 10.8. The molecule has 0 heterocycles. The molecule has 0 saturated heterocycles. The van der Waals surface area contributed by atoms with Gasteiger partial charge in [0.2, 0.25) is 0 Å². The van der Waals surface area contributed by atoms with Crippen LogP contribution in [0.3, 0.4) is 0 Å². The van der Waals surface area contributed by atoms with Crippen molar-refractivity contribution in [3.05, 3.63) is 65.2 Å². The molecule has 0 amide bonds. The fourth-order valence-electron chi connectivity index (χ4n) is 2.32. The molecule has 20 heavy (non-hydrogen) atoms. The minimum Gasteiger partial charge on any atom is -0.496 e. The van der Waals surface area contributed by atoms with Crippen LogP contribution in [0.15, 0.2) is 48.5 Å². The first kappa shape index (κ1) is 14.6. The van der Waals surface area contributed by atoms with E-state index in [0.29, 0.717) is 6.54 Å². The zero-order chi connectivity index (χ0) is 14.4. The van der Waals surface area contributed by atoms with Crippen molar-refractivity contribution in [1.82, 2.24) is 4.90 Å². The number of hydrogen-bond donors (Lipinski definition) is 1. The van der Waals surface area contributed by atoms with E-state index in [4.69, 9.17) is 10.5 Å².